The zero-order valence-corrected chi connectivity index (χ0v) is 11.7. The van der Waals surface area contributed by atoms with E-state index in [1.807, 2.05) is 36.4 Å². The van der Waals surface area contributed by atoms with Crippen LogP contribution >= 0.6 is 23.2 Å². The maximum Gasteiger partial charge on any atom is 0.0488 e. The molecule has 2 aromatic carbocycles. The standard InChI is InChI=1S/C15H15Cl2N/c1-2-18-10-11-7-8-13(15(17)9-11)12-5-3-4-6-14(12)16/h3-9,18H,2,10H2,1H3. The van der Waals surface area contributed by atoms with Gasteiger partial charge >= 0.3 is 0 Å². The normalized spacial score (nSPS) is 10.6. The van der Waals surface area contributed by atoms with Crippen molar-refractivity contribution < 1.29 is 0 Å². The Hall–Kier alpha value is -1.02. The van der Waals surface area contributed by atoms with E-state index in [9.17, 15) is 0 Å². The van der Waals surface area contributed by atoms with Gasteiger partial charge in [-0.3, -0.25) is 0 Å². The van der Waals surface area contributed by atoms with Crippen LogP contribution in [0.3, 0.4) is 0 Å². The van der Waals surface area contributed by atoms with Gasteiger partial charge in [0.05, 0.1) is 0 Å². The average Bonchev–Trinajstić information content (AvgIpc) is 2.38. The predicted octanol–water partition coefficient (Wildman–Crippen LogP) is 4.77. The van der Waals surface area contributed by atoms with Gasteiger partial charge in [0.1, 0.15) is 0 Å². The summed E-state index contributed by atoms with van der Waals surface area (Å²) in [6.45, 7) is 3.86. The van der Waals surface area contributed by atoms with E-state index in [-0.39, 0.29) is 0 Å². The van der Waals surface area contributed by atoms with E-state index in [4.69, 9.17) is 23.2 Å². The molecule has 0 aliphatic heterocycles. The molecule has 3 heteroatoms. The largest absolute Gasteiger partial charge is 0.313 e. The van der Waals surface area contributed by atoms with Crippen LogP contribution in [0.1, 0.15) is 12.5 Å². The zero-order valence-electron chi connectivity index (χ0n) is 10.2. The second-order valence-electron chi connectivity index (χ2n) is 4.07. The Morgan fingerprint density at radius 2 is 1.67 bits per heavy atom. The quantitative estimate of drug-likeness (QED) is 0.850. The molecular formula is C15H15Cl2N. The summed E-state index contributed by atoms with van der Waals surface area (Å²) in [5, 5.41) is 4.73. The molecule has 2 aromatic rings. The van der Waals surface area contributed by atoms with Crippen LogP contribution < -0.4 is 5.32 Å². The number of hydrogen-bond donors (Lipinski definition) is 1. The van der Waals surface area contributed by atoms with E-state index in [2.05, 4.69) is 18.3 Å². The van der Waals surface area contributed by atoms with E-state index in [0.29, 0.717) is 0 Å². The number of hydrogen-bond acceptors (Lipinski definition) is 1. The summed E-state index contributed by atoms with van der Waals surface area (Å²) < 4.78 is 0. The van der Waals surface area contributed by atoms with Gasteiger partial charge in [-0.25, -0.2) is 0 Å². The molecule has 1 nitrogen and oxygen atoms in total. The first kappa shape index (κ1) is 13.4. The monoisotopic (exact) mass is 279 g/mol. The van der Waals surface area contributed by atoms with Crippen LogP contribution in [-0.2, 0) is 6.54 Å². The van der Waals surface area contributed by atoms with Crippen molar-refractivity contribution >= 4 is 23.2 Å². The molecule has 0 radical (unpaired) electrons. The van der Waals surface area contributed by atoms with Crippen molar-refractivity contribution in [3.8, 4) is 11.1 Å². The molecule has 0 aliphatic carbocycles. The van der Waals surface area contributed by atoms with Gasteiger partial charge in [0.25, 0.3) is 0 Å². The molecule has 94 valence electrons. The van der Waals surface area contributed by atoms with Crippen LogP contribution in [0.15, 0.2) is 42.5 Å². The summed E-state index contributed by atoms with van der Waals surface area (Å²) in [5.41, 5.74) is 3.12. The molecule has 0 saturated carbocycles. The van der Waals surface area contributed by atoms with Gasteiger partial charge in [0, 0.05) is 27.7 Å². The van der Waals surface area contributed by atoms with E-state index >= 15 is 0 Å². The maximum absolute atomic E-state index is 6.33. The number of nitrogens with one attached hydrogen (secondary N) is 1. The second kappa shape index (κ2) is 6.24. The Morgan fingerprint density at radius 3 is 2.33 bits per heavy atom. The Kier molecular flexibility index (Phi) is 4.65. The lowest BCUT2D eigenvalue weighted by atomic mass is 10.0. The van der Waals surface area contributed by atoms with Crippen LogP contribution in [0.4, 0.5) is 0 Å². The highest BCUT2D eigenvalue weighted by molar-refractivity contribution is 6.36. The second-order valence-corrected chi connectivity index (χ2v) is 4.89. The molecule has 0 aliphatic rings. The van der Waals surface area contributed by atoms with Gasteiger partial charge in [-0.15, -0.1) is 0 Å². The van der Waals surface area contributed by atoms with E-state index in [1.165, 1.54) is 5.56 Å². The third-order valence-corrected chi connectivity index (χ3v) is 3.42. The molecular weight excluding hydrogens is 265 g/mol. The summed E-state index contributed by atoms with van der Waals surface area (Å²) in [4.78, 5) is 0. The maximum atomic E-state index is 6.33. The Bertz CT molecular complexity index is 538. The predicted molar refractivity (Wildman–Crippen MR) is 79.3 cm³/mol. The zero-order chi connectivity index (χ0) is 13.0. The lowest BCUT2D eigenvalue weighted by Gasteiger charge is -2.09. The van der Waals surface area contributed by atoms with Gasteiger partial charge in [-0.1, -0.05) is 60.5 Å². The molecule has 0 saturated heterocycles. The van der Waals surface area contributed by atoms with Crippen molar-refractivity contribution in [1.82, 2.24) is 5.32 Å². The first-order valence-electron chi connectivity index (χ1n) is 5.96. The first-order chi connectivity index (χ1) is 8.72. The molecule has 0 bridgehead atoms. The SMILES string of the molecule is CCNCc1ccc(-c2ccccc2Cl)c(Cl)c1. The van der Waals surface area contributed by atoms with E-state index in [0.717, 1.165) is 34.3 Å². The molecule has 0 heterocycles. The Balaban J connectivity index is 2.33. The molecule has 0 atom stereocenters. The van der Waals surface area contributed by atoms with Gasteiger partial charge in [0.15, 0.2) is 0 Å². The van der Waals surface area contributed by atoms with E-state index in [1.54, 1.807) is 0 Å². The fourth-order valence-electron chi connectivity index (χ4n) is 1.84. The summed E-state index contributed by atoms with van der Waals surface area (Å²) in [7, 11) is 0. The molecule has 0 aromatic heterocycles. The summed E-state index contributed by atoms with van der Waals surface area (Å²) in [6, 6.07) is 13.8. The van der Waals surface area contributed by atoms with Crippen LogP contribution in [-0.4, -0.2) is 6.54 Å². The summed E-state index contributed by atoms with van der Waals surface area (Å²) in [6.07, 6.45) is 0. The number of benzene rings is 2. The van der Waals surface area contributed by atoms with Gasteiger partial charge in [-0.05, 0) is 24.2 Å². The lowest BCUT2D eigenvalue weighted by molar-refractivity contribution is 0.727. The third kappa shape index (κ3) is 3.05. The lowest BCUT2D eigenvalue weighted by Crippen LogP contribution is -2.11. The van der Waals surface area contributed by atoms with Crippen molar-refractivity contribution in [1.29, 1.82) is 0 Å². The molecule has 0 fully saturated rings. The molecule has 18 heavy (non-hydrogen) atoms. The molecule has 1 N–H and O–H groups in total. The van der Waals surface area contributed by atoms with Crippen molar-refractivity contribution in [3.63, 3.8) is 0 Å². The smallest absolute Gasteiger partial charge is 0.0488 e. The topological polar surface area (TPSA) is 12.0 Å². The van der Waals surface area contributed by atoms with Crippen molar-refractivity contribution in [2.75, 3.05) is 6.54 Å². The first-order valence-corrected chi connectivity index (χ1v) is 6.72. The van der Waals surface area contributed by atoms with Gasteiger partial charge in [-0.2, -0.15) is 0 Å². The molecule has 0 amide bonds. The Morgan fingerprint density at radius 1 is 0.944 bits per heavy atom. The van der Waals surface area contributed by atoms with Crippen molar-refractivity contribution in [3.05, 3.63) is 58.1 Å². The van der Waals surface area contributed by atoms with Crippen molar-refractivity contribution in [2.45, 2.75) is 13.5 Å². The highest BCUT2D eigenvalue weighted by atomic mass is 35.5. The molecule has 0 spiro atoms. The van der Waals surface area contributed by atoms with Crippen LogP contribution in [0.2, 0.25) is 10.0 Å². The molecule has 2 rings (SSSR count). The third-order valence-electron chi connectivity index (χ3n) is 2.78. The summed E-state index contributed by atoms with van der Waals surface area (Å²) in [5.74, 6) is 0. The average molecular weight is 280 g/mol. The fourth-order valence-corrected chi connectivity index (χ4v) is 2.38. The van der Waals surface area contributed by atoms with E-state index < -0.39 is 0 Å². The minimum absolute atomic E-state index is 0.721. The van der Waals surface area contributed by atoms with Gasteiger partial charge in [0.2, 0.25) is 0 Å². The highest BCUT2D eigenvalue weighted by Crippen LogP contribution is 2.33. The summed E-state index contributed by atoms with van der Waals surface area (Å²) >= 11 is 12.5. The minimum atomic E-state index is 0.721. The van der Waals surface area contributed by atoms with Crippen molar-refractivity contribution in [2.24, 2.45) is 0 Å². The van der Waals surface area contributed by atoms with Crippen LogP contribution in [0, 0.1) is 0 Å². The number of rotatable bonds is 4. The number of halogens is 2. The minimum Gasteiger partial charge on any atom is -0.313 e. The highest BCUT2D eigenvalue weighted by Gasteiger charge is 2.07. The van der Waals surface area contributed by atoms with Crippen LogP contribution in [0.5, 0.6) is 0 Å². The van der Waals surface area contributed by atoms with Gasteiger partial charge < -0.3 is 5.32 Å². The fraction of sp³-hybridized carbons (Fsp3) is 0.200. The van der Waals surface area contributed by atoms with Crippen LogP contribution in [0.25, 0.3) is 11.1 Å². The molecule has 0 unspecified atom stereocenters. The Labute approximate surface area is 118 Å².